The summed E-state index contributed by atoms with van der Waals surface area (Å²) in [6.45, 7) is 17.3. The summed E-state index contributed by atoms with van der Waals surface area (Å²) in [5, 5.41) is 12.2. The van der Waals surface area contributed by atoms with Crippen molar-refractivity contribution in [3.05, 3.63) is 23.3 Å². The van der Waals surface area contributed by atoms with E-state index in [0.29, 0.717) is 50.6 Å². The molecule has 2 aliphatic heterocycles. The van der Waals surface area contributed by atoms with Gasteiger partial charge in [0.2, 0.25) is 0 Å². The molecule has 266 valence electrons. The molecule has 1 aromatic carbocycles. The largest absolute Gasteiger partial charge is 0.483 e. The molecule has 2 heterocycles. The normalized spacial score (nSPS) is 30.2. The van der Waals surface area contributed by atoms with Crippen molar-refractivity contribution in [2.75, 3.05) is 73.6 Å². The van der Waals surface area contributed by atoms with Crippen molar-refractivity contribution in [3.63, 3.8) is 0 Å². The van der Waals surface area contributed by atoms with Crippen molar-refractivity contribution in [2.45, 2.75) is 96.5 Å². The lowest BCUT2D eigenvalue weighted by atomic mass is 9.49. The van der Waals surface area contributed by atoms with Gasteiger partial charge in [0, 0.05) is 43.7 Å². The van der Waals surface area contributed by atoms with E-state index in [9.17, 15) is 9.90 Å². The van der Waals surface area contributed by atoms with Crippen LogP contribution in [0.5, 0.6) is 11.5 Å². The van der Waals surface area contributed by atoms with Gasteiger partial charge in [0.05, 0.1) is 45.2 Å². The van der Waals surface area contributed by atoms with Gasteiger partial charge in [-0.2, -0.15) is 0 Å². The van der Waals surface area contributed by atoms with Gasteiger partial charge in [0.15, 0.2) is 11.5 Å². The molecule has 4 aliphatic rings. The quantitative estimate of drug-likeness (QED) is 0.154. The zero-order valence-electron chi connectivity index (χ0n) is 30.0. The summed E-state index contributed by atoms with van der Waals surface area (Å²) in [4.78, 5) is 15.7. The summed E-state index contributed by atoms with van der Waals surface area (Å²) in [7, 11) is 3.38. The highest BCUT2D eigenvalue weighted by Crippen LogP contribution is 2.64. The summed E-state index contributed by atoms with van der Waals surface area (Å²) in [5.74, 6) is 1.42. The van der Waals surface area contributed by atoms with Crippen molar-refractivity contribution < 1.29 is 43.1 Å². The van der Waals surface area contributed by atoms with Gasteiger partial charge in [-0.3, -0.25) is 0 Å². The number of aryl methyl sites for hydroxylation is 1. The van der Waals surface area contributed by atoms with Crippen LogP contribution in [0, 0.1) is 30.1 Å². The van der Waals surface area contributed by atoms with E-state index in [-0.39, 0.29) is 48.1 Å². The minimum atomic E-state index is -1.00. The van der Waals surface area contributed by atoms with Crippen LogP contribution >= 0.6 is 0 Å². The molecule has 3 fully saturated rings. The number of rotatable bonds is 16. The molecule has 1 saturated heterocycles. The standard InChI is InChI=1S/C37H59NO9/c1-24-9-12-29(46-30(39)23-45-20-19-44-18-17-43-16-15-41-7)33-31(24)37-13-14-38(22-26-10-11-26)25(2)27(37)21-28(32(42-8)34(37)47-33)36(6,40)35(3,4)5/h9,12,25-28,32,34,40H,10-11,13-23H2,1-8H3/t25?,27?,28?,32?,34-,36?,37?/m0/s1. The highest BCUT2D eigenvalue weighted by atomic mass is 16.6. The Morgan fingerprint density at radius 3 is 2.30 bits per heavy atom. The molecular weight excluding hydrogens is 602 g/mol. The summed E-state index contributed by atoms with van der Waals surface area (Å²) >= 11 is 0. The molecule has 5 rings (SSSR count). The van der Waals surface area contributed by atoms with E-state index < -0.39 is 11.6 Å². The fourth-order valence-corrected chi connectivity index (χ4v) is 8.44. The van der Waals surface area contributed by atoms with E-state index in [0.717, 1.165) is 43.0 Å². The van der Waals surface area contributed by atoms with Crippen LogP contribution in [0.15, 0.2) is 12.1 Å². The number of ether oxygens (including phenoxy) is 7. The zero-order chi connectivity index (χ0) is 34.0. The van der Waals surface area contributed by atoms with Crippen LogP contribution in [0.25, 0.3) is 0 Å². The average Bonchev–Trinajstić information content (AvgIpc) is 3.77. The monoisotopic (exact) mass is 661 g/mol. The van der Waals surface area contributed by atoms with Gasteiger partial charge in [-0.05, 0) is 81.9 Å². The molecule has 0 bridgehead atoms. The number of methoxy groups -OCH3 is 2. The Hall–Kier alpha value is -1.79. The molecular formula is C37H59NO9. The maximum atomic E-state index is 13.0. The van der Waals surface area contributed by atoms with Crippen molar-refractivity contribution >= 4 is 5.97 Å². The smallest absolute Gasteiger partial charge is 0.337 e. The Kier molecular flexibility index (Phi) is 11.6. The zero-order valence-corrected chi connectivity index (χ0v) is 30.0. The Labute approximate surface area is 281 Å². The van der Waals surface area contributed by atoms with E-state index >= 15 is 0 Å². The van der Waals surface area contributed by atoms with Gasteiger partial charge >= 0.3 is 5.97 Å². The van der Waals surface area contributed by atoms with E-state index in [1.54, 1.807) is 14.2 Å². The fraction of sp³-hybridized carbons (Fsp3) is 0.811. The molecule has 10 nitrogen and oxygen atoms in total. The Bertz CT molecular complexity index is 1210. The fourth-order valence-electron chi connectivity index (χ4n) is 8.44. The molecule has 1 aromatic rings. The molecule has 0 amide bonds. The first-order chi connectivity index (χ1) is 22.4. The van der Waals surface area contributed by atoms with Crippen LogP contribution < -0.4 is 9.47 Å². The second-order valence-electron chi connectivity index (χ2n) is 15.4. The predicted octanol–water partition coefficient (Wildman–Crippen LogP) is 4.55. The highest BCUT2D eigenvalue weighted by Gasteiger charge is 2.68. The second kappa shape index (κ2) is 15.0. The summed E-state index contributed by atoms with van der Waals surface area (Å²) in [6.07, 6.45) is 3.71. The minimum absolute atomic E-state index is 0.146. The molecule has 10 heteroatoms. The summed E-state index contributed by atoms with van der Waals surface area (Å²) < 4.78 is 40.7. The lowest BCUT2D eigenvalue weighted by molar-refractivity contribution is -0.203. The Morgan fingerprint density at radius 2 is 1.68 bits per heavy atom. The number of fused-ring (bicyclic) bond motifs is 1. The molecule has 2 aliphatic carbocycles. The third-order valence-corrected chi connectivity index (χ3v) is 11.7. The molecule has 0 radical (unpaired) electrons. The number of carbonyl (C=O) groups excluding carboxylic acids is 1. The number of aliphatic hydroxyl groups is 1. The first kappa shape index (κ1) is 36.5. The van der Waals surface area contributed by atoms with E-state index in [1.165, 1.54) is 12.8 Å². The number of nitrogens with zero attached hydrogens (tertiary/aromatic N) is 1. The predicted molar refractivity (Wildman–Crippen MR) is 178 cm³/mol. The van der Waals surface area contributed by atoms with Gasteiger partial charge < -0.3 is 43.2 Å². The lowest BCUT2D eigenvalue weighted by Gasteiger charge is -2.61. The number of likely N-dealkylation sites (tertiary alicyclic amines) is 1. The van der Waals surface area contributed by atoms with Crippen molar-refractivity contribution in [2.24, 2.45) is 23.2 Å². The number of esters is 1. The maximum absolute atomic E-state index is 13.0. The first-order valence-corrected chi connectivity index (χ1v) is 17.6. The van der Waals surface area contributed by atoms with Crippen LogP contribution in [-0.4, -0.2) is 113 Å². The van der Waals surface area contributed by atoms with Crippen LogP contribution in [0.1, 0.15) is 71.4 Å². The number of hydrogen-bond acceptors (Lipinski definition) is 10. The third kappa shape index (κ3) is 7.39. The highest BCUT2D eigenvalue weighted by molar-refractivity contribution is 5.75. The van der Waals surface area contributed by atoms with Crippen molar-refractivity contribution in [3.8, 4) is 11.5 Å². The topological polar surface area (TPSA) is 105 Å². The third-order valence-electron chi connectivity index (χ3n) is 11.7. The van der Waals surface area contributed by atoms with Crippen LogP contribution in [0.4, 0.5) is 0 Å². The molecule has 1 spiro atoms. The average molecular weight is 662 g/mol. The maximum Gasteiger partial charge on any atom is 0.337 e. The first-order valence-electron chi connectivity index (χ1n) is 17.6. The van der Waals surface area contributed by atoms with E-state index in [4.69, 9.17) is 33.2 Å². The van der Waals surface area contributed by atoms with Crippen LogP contribution in [0.3, 0.4) is 0 Å². The van der Waals surface area contributed by atoms with Crippen molar-refractivity contribution in [1.82, 2.24) is 4.90 Å². The molecule has 7 atom stereocenters. The van der Waals surface area contributed by atoms with Crippen LogP contribution in [0.2, 0.25) is 0 Å². The lowest BCUT2D eigenvalue weighted by Crippen LogP contribution is -2.69. The summed E-state index contributed by atoms with van der Waals surface area (Å²) in [5.41, 5.74) is 0.566. The molecule has 0 aromatic heterocycles. The van der Waals surface area contributed by atoms with E-state index in [1.807, 2.05) is 19.1 Å². The number of benzene rings is 1. The molecule has 47 heavy (non-hydrogen) atoms. The summed E-state index contributed by atoms with van der Waals surface area (Å²) in [6, 6.07) is 4.18. The van der Waals surface area contributed by atoms with E-state index in [2.05, 4.69) is 39.5 Å². The molecule has 1 N–H and O–H groups in total. The van der Waals surface area contributed by atoms with Crippen molar-refractivity contribution in [1.29, 1.82) is 0 Å². The number of piperidine rings is 1. The van der Waals surface area contributed by atoms with Gasteiger partial charge in [0.25, 0.3) is 0 Å². The van der Waals surface area contributed by atoms with Gasteiger partial charge in [-0.25, -0.2) is 4.79 Å². The second-order valence-corrected chi connectivity index (χ2v) is 15.4. The van der Waals surface area contributed by atoms with Gasteiger partial charge in [0.1, 0.15) is 18.8 Å². The Balaban J connectivity index is 1.35. The number of carbonyl (C=O) groups is 1. The van der Waals surface area contributed by atoms with Gasteiger partial charge in [-0.15, -0.1) is 0 Å². The molecule has 2 saturated carbocycles. The Morgan fingerprint density at radius 1 is 1.02 bits per heavy atom. The molecule has 6 unspecified atom stereocenters. The van der Waals surface area contributed by atoms with Gasteiger partial charge in [-0.1, -0.05) is 26.8 Å². The van der Waals surface area contributed by atoms with Crippen LogP contribution in [-0.2, 0) is 33.9 Å². The SMILES string of the molecule is COCCOCCOCCOCC(=O)Oc1ccc(C)c2c1O[C@H]1C(OC)C(C(C)(O)C(C)(C)C)CC3C(C)N(CC4CC4)CCC231. The minimum Gasteiger partial charge on any atom is -0.483 e. The number of hydrogen-bond donors (Lipinski definition) is 1.